The summed E-state index contributed by atoms with van der Waals surface area (Å²) in [7, 11) is 0. The first-order valence-electron chi connectivity index (χ1n) is 5.84. The molecule has 82 valence electrons. The largest absolute Gasteiger partial charge is 2.00 e. The average Bonchev–Trinajstić information content (AvgIpc) is 2.65. The van der Waals surface area contributed by atoms with E-state index in [1.807, 2.05) is 0 Å². The zero-order valence-corrected chi connectivity index (χ0v) is 11.9. The predicted octanol–water partition coefficient (Wildman–Crippen LogP) is 4.50. The first-order chi connectivity index (χ1) is 6.81. The van der Waals surface area contributed by atoms with Gasteiger partial charge in [0, 0.05) is 0 Å². The quantitative estimate of drug-likeness (QED) is 0.361. The molecule has 0 aromatic carbocycles. The van der Waals surface area contributed by atoms with Crippen molar-refractivity contribution in [2.45, 2.75) is 58.8 Å². The van der Waals surface area contributed by atoms with Gasteiger partial charge in [0.2, 0.25) is 0 Å². The molecule has 0 amide bonds. The van der Waals surface area contributed by atoms with Crippen LogP contribution >= 0.6 is 0 Å². The van der Waals surface area contributed by atoms with E-state index in [0.29, 0.717) is 0 Å². The molecule has 1 aliphatic carbocycles. The van der Waals surface area contributed by atoms with Crippen LogP contribution < -0.4 is 0 Å². The van der Waals surface area contributed by atoms with Gasteiger partial charge in [-0.1, -0.05) is 46.0 Å². The fourth-order valence-corrected chi connectivity index (χ4v) is 1.29. The Kier molecular flexibility index (Phi) is 16.7. The van der Waals surface area contributed by atoms with Gasteiger partial charge in [-0.25, -0.2) is 11.6 Å². The van der Waals surface area contributed by atoms with E-state index in [4.69, 9.17) is 0 Å². The van der Waals surface area contributed by atoms with Crippen LogP contribution in [0.4, 0.5) is 0 Å². The van der Waals surface area contributed by atoms with Crippen LogP contribution in [-0.2, 0) is 0 Å². The molecule has 0 aromatic heterocycles. The second-order valence-corrected chi connectivity index (χ2v) is 3.73. The van der Waals surface area contributed by atoms with Crippen LogP contribution in [0.15, 0.2) is 17.7 Å². The van der Waals surface area contributed by atoms with Gasteiger partial charge in [-0.2, -0.15) is 12.5 Å². The fourth-order valence-electron chi connectivity index (χ4n) is 1.29. The molecule has 0 aromatic rings. The van der Waals surface area contributed by atoms with Crippen molar-refractivity contribution in [3.8, 4) is 0 Å². The summed E-state index contributed by atoms with van der Waals surface area (Å²) >= 11 is 0. The Bertz CT molecular complexity index is 159. The summed E-state index contributed by atoms with van der Waals surface area (Å²) in [5.74, 6) is 0. The molecule has 0 radical (unpaired) electrons. The molecule has 1 rings (SSSR count). The molecular weight excluding hydrogens is 192 g/mol. The smallest absolute Gasteiger partial charge is 0.343 e. The third-order valence-electron chi connectivity index (χ3n) is 2.22. The SMILES string of the molecule is CC1=[C-]CC=C1.[CH2-]CCCCCCC.[Mg+2]. The van der Waals surface area contributed by atoms with Gasteiger partial charge in [-0.3, -0.25) is 6.08 Å². The van der Waals surface area contributed by atoms with Crippen molar-refractivity contribution in [1.29, 1.82) is 0 Å². The molecular formula is C14H24Mg. The maximum Gasteiger partial charge on any atom is 2.00 e. The monoisotopic (exact) mass is 216 g/mol. The average molecular weight is 217 g/mol. The fraction of sp³-hybridized carbons (Fsp3) is 0.643. The van der Waals surface area contributed by atoms with Crippen molar-refractivity contribution in [3.05, 3.63) is 30.7 Å². The van der Waals surface area contributed by atoms with Crippen molar-refractivity contribution in [2.75, 3.05) is 0 Å². The maximum absolute atomic E-state index is 3.78. The van der Waals surface area contributed by atoms with Gasteiger partial charge in [-0.15, -0.1) is 6.42 Å². The first kappa shape index (κ1) is 17.6. The van der Waals surface area contributed by atoms with Gasteiger partial charge in [0.25, 0.3) is 0 Å². The van der Waals surface area contributed by atoms with E-state index < -0.39 is 0 Å². The standard InChI is InChI=1S/C8H17.C6H7.Mg/c1-3-5-7-8-6-4-2;1-6-4-2-3-5-6;/h1,3-8H2,2H3;2,4H,3H2,1H3;/q2*-1;+2. The number of allylic oxidation sites excluding steroid dienone is 4. The zero-order chi connectivity index (χ0) is 10.6. The van der Waals surface area contributed by atoms with Crippen LogP contribution in [0.5, 0.6) is 0 Å². The van der Waals surface area contributed by atoms with Gasteiger partial charge < -0.3 is 6.92 Å². The van der Waals surface area contributed by atoms with E-state index in [1.54, 1.807) is 0 Å². The van der Waals surface area contributed by atoms with E-state index in [1.165, 1.54) is 37.7 Å². The molecule has 15 heavy (non-hydrogen) atoms. The van der Waals surface area contributed by atoms with Crippen LogP contribution in [0.25, 0.3) is 0 Å². The van der Waals surface area contributed by atoms with Gasteiger partial charge in [0.15, 0.2) is 0 Å². The number of hydrogen-bond donors (Lipinski definition) is 0. The molecule has 0 saturated heterocycles. The summed E-state index contributed by atoms with van der Waals surface area (Å²) in [6.45, 7) is 8.08. The minimum Gasteiger partial charge on any atom is -0.343 e. The van der Waals surface area contributed by atoms with Crippen molar-refractivity contribution >= 4 is 23.1 Å². The van der Waals surface area contributed by atoms with Gasteiger partial charge in [0.1, 0.15) is 0 Å². The van der Waals surface area contributed by atoms with Crippen molar-refractivity contribution in [1.82, 2.24) is 0 Å². The predicted molar refractivity (Wildman–Crippen MR) is 70.7 cm³/mol. The molecule has 0 heterocycles. The van der Waals surface area contributed by atoms with E-state index in [0.717, 1.165) is 12.8 Å². The Labute approximate surface area is 112 Å². The molecule has 0 unspecified atom stereocenters. The first-order valence-corrected chi connectivity index (χ1v) is 5.84. The van der Waals surface area contributed by atoms with Crippen LogP contribution in [-0.4, -0.2) is 23.1 Å². The molecule has 1 aliphatic rings. The molecule has 0 aliphatic heterocycles. The summed E-state index contributed by atoms with van der Waals surface area (Å²) in [6, 6.07) is 0. The molecule has 0 fully saturated rings. The summed E-state index contributed by atoms with van der Waals surface area (Å²) in [5.41, 5.74) is 1.27. The molecule has 1 heteroatoms. The zero-order valence-electron chi connectivity index (χ0n) is 10.5. The number of unbranched alkanes of at least 4 members (excludes halogenated alkanes) is 5. The molecule has 0 bridgehead atoms. The summed E-state index contributed by atoms with van der Waals surface area (Å²) < 4.78 is 0. The van der Waals surface area contributed by atoms with E-state index in [-0.39, 0.29) is 23.1 Å². The molecule has 0 nitrogen and oxygen atoms in total. The van der Waals surface area contributed by atoms with Crippen molar-refractivity contribution in [3.63, 3.8) is 0 Å². The number of rotatable bonds is 5. The second kappa shape index (κ2) is 14.2. The minimum absolute atomic E-state index is 0. The van der Waals surface area contributed by atoms with Gasteiger partial charge in [-0.05, 0) is 0 Å². The van der Waals surface area contributed by atoms with E-state index in [9.17, 15) is 0 Å². The summed E-state index contributed by atoms with van der Waals surface area (Å²) in [6.07, 6.45) is 16.3. The molecule has 0 atom stereocenters. The van der Waals surface area contributed by atoms with E-state index in [2.05, 4.69) is 39.0 Å². The Morgan fingerprint density at radius 2 is 1.93 bits per heavy atom. The van der Waals surface area contributed by atoms with Gasteiger partial charge in [0.05, 0.1) is 0 Å². The molecule has 0 spiro atoms. The Hall–Kier alpha value is 0.246. The Morgan fingerprint density at radius 3 is 2.27 bits per heavy atom. The molecule has 0 saturated carbocycles. The van der Waals surface area contributed by atoms with E-state index >= 15 is 0 Å². The second-order valence-electron chi connectivity index (χ2n) is 3.73. The minimum atomic E-state index is 0. The molecule has 0 N–H and O–H groups in total. The van der Waals surface area contributed by atoms with Crippen molar-refractivity contribution < 1.29 is 0 Å². The third kappa shape index (κ3) is 14.2. The van der Waals surface area contributed by atoms with Crippen molar-refractivity contribution in [2.24, 2.45) is 0 Å². The normalized spacial score (nSPS) is 12.6. The van der Waals surface area contributed by atoms with Crippen LogP contribution in [0.2, 0.25) is 0 Å². The summed E-state index contributed by atoms with van der Waals surface area (Å²) in [5, 5.41) is 0. The van der Waals surface area contributed by atoms with Crippen LogP contribution in [0, 0.1) is 13.0 Å². The Balaban J connectivity index is 0. The maximum atomic E-state index is 3.78. The van der Waals surface area contributed by atoms with Crippen LogP contribution in [0.1, 0.15) is 58.8 Å². The third-order valence-corrected chi connectivity index (χ3v) is 2.22. The topological polar surface area (TPSA) is 0 Å². The Morgan fingerprint density at radius 1 is 1.27 bits per heavy atom. The number of hydrogen-bond acceptors (Lipinski definition) is 0. The van der Waals surface area contributed by atoms with Gasteiger partial charge >= 0.3 is 23.1 Å². The summed E-state index contributed by atoms with van der Waals surface area (Å²) in [4.78, 5) is 0. The van der Waals surface area contributed by atoms with Crippen LogP contribution in [0.3, 0.4) is 0 Å².